The lowest BCUT2D eigenvalue weighted by atomic mass is 9.97. The summed E-state index contributed by atoms with van der Waals surface area (Å²) in [5.41, 5.74) is 4.22. The fourth-order valence-electron chi connectivity index (χ4n) is 2.27. The van der Waals surface area contributed by atoms with Crippen LogP contribution >= 0.6 is 0 Å². The Kier molecular flexibility index (Phi) is 4.61. The highest BCUT2D eigenvalue weighted by atomic mass is 14.1. The Morgan fingerprint density at radius 1 is 1.00 bits per heavy atom. The molecule has 0 atom stereocenters. The van der Waals surface area contributed by atoms with Crippen LogP contribution in [0.4, 0.5) is 0 Å². The van der Waals surface area contributed by atoms with E-state index in [1.165, 1.54) is 55.2 Å². The molecule has 0 N–H and O–H groups in total. The number of unbranched alkanes of at least 4 members (excludes halogenated alkanes) is 2. The first-order valence-electron chi connectivity index (χ1n) is 6.86. The van der Waals surface area contributed by atoms with Crippen molar-refractivity contribution in [1.82, 2.24) is 0 Å². The molecule has 0 spiro atoms. The van der Waals surface area contributed by atoms with Crippen LogP contribution in [0.15, 0.2) is 42.5 Å². The normalized spacial score (nSPS) is 14.8. The van der Waals surface area contributed by atoms with E-state index in [1.54, 1.807) is 0 Å². The van der Waals surface area contributed by atoms with E-state index < -0.39 is 0 Å². The van der Waals surface area contributed by atoms with E-state index in [4.69, 9.17) is 0 Å². The number of hydrogen-bond donors (Lipinski definition) is 0. The Bertz CT molecular complexity index is 393. The molecule has 2 rings (SSSR count). The largest absolute Gasteiger partial charge is 0.0836 e. The summed E-state index contributed by atoms with van der Waals surface area (Å²) in [5, 5.41) is 0. The van der Waals surface area contributed by atoms with Crippen molar-refractivity contribution in [1.29, 1.82) is 0 Å². The second-order valence-electron chi connectivity index (χ2n) is 4.79. The average molecular weight is 226 g/mol. The Balaban J connectivity index is 1.97. The number of hydrogen-bond acceptors (Lipinski definition) is 0. The van der Waals surface area contributed by atoms with Crippen LogP contribution in [0, 0.1) is 0 Å². The van der Waals surface area contributed by atoms with Crippen molar-refractivity contribution in [3.63, 3.8) is 0 Å². The zero-order valence-electron chi connectivity index (χ0n) is 10.8. The molecule has 1 aromatic rings. The van der Waals surface area contributed by atoms with Crippen LogP contribution in [0.5, 0.6) is 0 Å². The maximum atomic E-state index is 2.34. The third-order valence-electron chi connectivity index (χ3n) is 3.35. The highest BCUT2D eigenvalue weighted by Crippen LogP contribution is 2.21. The lowest BCUT2D eigenvalue weighted by molar-refractivity contribution is 0.717. The van der Waals surface area contributed by atoms with Crippen LogP contribution in [0.2, 0.25) is 0 Å². The first kappa shape index (κ1) is 12.2. The zero-order valence-corrected chi connectivity index (χ0v) is 10.8. The second kappa shape index (κ2) is 6.44. The van der Waals surface area contributed by atoms with Crippen molar-refractivity contribution in [2.24, 2.45) is 0 Å². The first-order chi connectivity index (χ1) is 8.40. The summed E-state index contributed by atoms with van der Waals surface area (Å²) in [6.45, 7) is 2.25. The van der Waals surface area contributed by atoms with Crippen molar-refractivity contribution in [2.45, 2.75) is 45.4 Å². The summed E-state index contributed by atoms with van der Waals surface area (Å²) >= 11 is 0. The van der Waals surface area contributed by atoms with Crippen molar-refractivity contribution < 1.29 is 0 Å². The lowest BCUT2D eigenvalue weighted by Gasteiger charge is -2.08. The van der Waals surface area contributed by atoms with Gasteiger partial charge in [0.1, 0.15) is 0 Å². The van der Waals surface area contributed by atoms with E-state index >= 15 is 0 Å². The Hall–Kier alpha value is -1.30. The van der Waals surface area contributed by atoms with Gasteiger partial charge in [0, 0.05) is 0 Å². The van der Waals surface area contributed by atoms with E-state index in [0.29, 0.717) is 0 Å². The molecule has 0 saturated carbocycles. The van der Waals surface area contributed by atoms with Gasteiger partial charge in [-0.2, -0.15) is 0 Å². The predicted octanol–water partition coefficient (Wildman–Crippen LogP) is 5.15. The number of aryl methyl sites for hydroxylation is 1. The molecule has 0 heterocycles. The molecule has 0 aliphatic heterocycles. The quantitative estimate of drug-likeness (QED) is 0.609. The van der Waals surface area contributed by atoms with Crippen LogP contribution in [0.25, 0.3) is 5.57 Å². The van der Waals surface area contributed by atoms with Gasteiger partial charge in [-0.3, -0.25) is 0 Å². The molecule has 0 nitrogen and oxygen atoms in total. The molecule has 0 amide bonds. The van der Waals surface area contributed by atoms with Gasteiger partial charge < -0.3 is 0 Å². The first-order valence-corrected chi connectivity index (χ1v) is 6.86. The minimum atomic E-state index is 1.18. The van der Waals surface area contributed by atoms with E-state index in [1.807, 2.05) is 0 Å². The summed E-state index contributed by atoms with van der Waals surface area (Å²) in [4.78, 5) is 0. The molecule has 1 aliphatic rings. The van der Waals surface area contributed by atoms with E-state index in [-0.39, 0.29) is 0 Å². The van der Waals surface area contributed by atoms with Gasteiger partial charge in [-0.15, -0.1) is 0 Å². The monoisotopic (exact) mass is 226 g/mol. The SMILES string of the molecule is CCCCCc1ccc(C2=CCCC=C2)cc1. The van der Waals surface area contributed by atoms with Gasteiger partial charge in [-0.05, 0) is 42.4 Å². The smallest absolute Gasteiger partial charge is 0.0187 e. The summed E-state index contributed by atoms with van der Waals surface area (Å²) in [6.07, 6.45) is 14.4. The molecular formula is C17H22. The van der Waals surface area contributed by atoms with Gasteiger partial charge in [-0.1, -0.05) is 62.3 Å². The molecule has 1 aromatic carbocycles. The lowest BCUT2D eigenvalue weighted by Crippen LogP contribution is -1.89. The van der Waals surface area contributed by atoms with Gasteiger partial charge in [-0.25, -0.2) is 0 Å². The van der Waals surface area contributed by atoms with E-state index in [9.17, 15) is 0 Å². The molecule has 90 valence electrons. The van der Waals surface area contributed by atoms with Crippen LogP contribution in [-0.2, 0) is 6.42 Å². The van der Waals surface area contributed by atoms with Crippen molar-refractivity contribution >= 4 is 5.57 Å². The standard InChI is InChI=1S/C17H22/c1-2-3-5-8-15-11-13-17(14-12-15)16-9-6-4-7-10-16/h6,9-14H,2-5,7-8H2,1H3. The molecule has 0 heteroatoms. The Morgan fingerprint density at radius 3 is 2.47 bits per heavy atom. The summed E-state index contributed by atoms with van der Waals surface area (Å²) < 4.78 is 0. The van der Waals surface area contributed by atoms with Crippen LogP contribution in [0.3, 0.4) is 0 Å². The molecular weight excluding hydrogens is 204 g/mol. The molecule has 0 bridgehead atoms. The van der Waals surface area contributed by atoms with Gasteiger partial charge in [0.05, 0.1) is 0 Å². The van der Waals surface area contributed by atoms with Gasteiger partial charge in [0.25, 0.3) is 0 Å². The van der Waals surface area contributed by atoms with E-state index in [0.717, 1.165) is 0 Å². The fourth-order valence-corrected chi connectivity index (χ4v) is 2.27. The Morgan fingerprint density at radius 2 is 1.82 bits per heavy atom. The summed E-state index contributed by atoms with van der Waals surface area (Å²) in [5.74, 6) is 0. The maximum Gasteiger partial charge on any atom is -0.0187 e. The van der Waals surface area contributed by atoms with E-state index in [2.05, 4.69) is 49.4 Å². The third kappa shape index (κ3) is 3.59. The van der Waals surface area contributed by atoms with Crippen LogP contribution in [-0.4, -0.2) is 0 Å². The minimum absolute atomic E-state index is 1.18. The second-order valence-corrected chi connectivity index (χ2v) is 4.79. The molecule has 0 fully saturated rings. The van der Waals surface area contributed by atoms with Crippen molar-refractivity contribution in [2.75, 3.05) is 0 Å². The molecule has 1 aliphatic carbocycles. The van der Waals surface area contributed by atoms with Gasteiger partial charge in [0.2, 0.25) is 0 Å². The minimum Gasteiger partial charge on any atom is -0.0836 e. The molecule has 0 unspecified atom stereocenters. The summed E-state index contributed by atoms with van der Waals surface area (Å²) in [6, 6.07) is 9.11. The average Bonchev–Trinajstić information content (AvgIpc) is 2.41. The topological polar surface area (TPSA) is 0 Å². The number of allylic oxidation sites excluding steroid dienone is 4. The number of rotatable bonds is 5. The van der Waals surface area contributed by atoms with Crippen LogP contribution < -0.4 is 0 Å². The van der Waals surface area contributed by atoms with Gasteiger partial charge >= 0.3 is 0 Å². The van der Waals surface area contributed by atoms with Crippen LogP contribution in [0.1, 0.15) is 50.2 Å². The molecule has 0 aromatic heterocycles. The Labute approximate surface area is 105 Å². The third-order valence-corrected chi connectivity index (χ3v) is 3.35. The zero-order chi connectivity index (χ0) is 11.9. The number of benzene rings is 1. The summed E-state index contributed by atoms with van der Waals surface area (Å²) in [7, 11) is 0. The predicted molar refractivity (Wildman–Crippen MR) is 76.0 cm³/mol. The highest BCUT2D eigenvalue weighted by molar-refractivity contribution is 5.74. The molecule has 0 saturated heterocycles. The fraction of sp³-hybridized carbons (Fsp3) is 0.412. The molecule has 17 heavy (non-hydrogen) atoms. The van der Waals surface area contributed by atoms with Crippen molar-refractivity contribution in [3.8, 4) is 0 Å². The highest BCUT2D eigenvalue weighted by Gasteiger charge is 2.01. The van der Waals surface area contributed by atoms with Crippen molar-refractivity contribution in [3.05, 3.63) is 53.6 Å². The molecule has 0 radical (unpaired) electrons. The van der Waals surface area contributed by atoms with Gasteiger partial charge in [0.15, 0.2) is 0 Å². The maximum absolute atomic E-state index is 2.34.